The maximum atomic E-state index is 11.2. The first kappa shape index (κ1) is 9.98. The fourth-order valence-electron chi connectivity index (χ4n) is 1.64. The Balaban J connectivity index is 2.46. The minimum atomic E-state index is -0.465. The summed E-state index contributed by atoms with van der Waals surface area (Å²) in [7, 11) is 0. The summed E-state index contributed by atoms with van der Waals surface area (Å²) in [5, 5.41) is 16.1. The fourth-order valence-corrected chi connectivity index (χ4v) is 2.09. The molecule has 0 fully saturated rings. The van der Waals surface area contributed by atoms with E-state index in [1.54, 1.807) is 17.5 Å². The molecule has 0 amide bonds. The number of hydrogen-bond acceptors (Lipinski definition) is 6. The van der Waals surface area contributed by atoms with Gasteiger partial charge in [-0.05, 0) is 29.7 Å². The second-order valence-corrected chi connectivity index (χ2v) is 4.03. The number of benzene rings is 1. The van der Waals surface area contributed by atoms with Gasteiger partial charge < -0.3 is 9.52 Å². The van der Waals surface area contributed by atoms with E-state index in [-0.39, 0.29) is 5.75 Å². The number of phenolic OH excluding ortho intramolecular Hbond substituents is 1. The molecule has 0 atom stereocenters. The summed E-state index contributed by atoms with van der Waals surface area (Å²) < 4.78 is 8.85. The van der Waals surface area contributed by atoms with Gasteiger partial charge in [-0.15, -0.1) is 5.10 Å². The predicted molar refractivity (Wildman–Crippen MR) is 63.1 cm³/mol. The molecule has 0 aliphatic rings. The fraction of sp³-hybridized carbons (Fsp3) is 0. The van der Waals surface area contributed by atoms with Gasteiger partial charge in [0.2, 0.25) is 0 Å². The van der Waals surface area contributed by atoms with Gasteiger partial charge in [0.25, 0.3) is 0 Å². The highest BCUT2D eigenvalue weighted by Gasteiger charge is 2.14. The molecule has 0 spiro atoms. The first-order chi connectivity index (χ1) is 8.25. The first-order valence-corrected chi connectivity index (χ1v) is 5.62. The molecule has 1 N–H and O–H groups in total. The normalized spacial score (nSPS) is 10.8. The van der Waals surface area contributed by atoms with Crippen LogP contribution < -0.4 is 5.63 Å². The molecule has 2 heterocycles. The molecule has 3 rings (SSSR count). The number of aromatic hydroxyl groups is 1. The maximum absolute atomic E-state index is 11.2. The van der Waals surface area contributed by atoms with Crippen LogP contribution in [0.4, 0.5) is 0 Å². The van der Waals surface area contributed by atoms with Crippen LogP contribution in [-0.2, 0) is 0 Å². The second-order valence-electron chi connectivity index (χ2n) is 3.42. The van der Waals surface area contributed by atoms with Crippen molar-refractivity contribution in [2.24, 2.45) is 0 Å². The number of phenols is 1. The lowest BCUT2D eigenvalue weighted by Crippen LogP contribution is -1.95. The third kappa shape index (κ3) is 1.58. The van der Waals surface area contributed by atoms with Gasteiger partial charge in [-0.3, -0.25) is 0 Å². The van der Waals surface area contributed by atoms with Crippen LogP contribution in [0.5, 0.6) is 5.75 Å². The summed E-state index contributed by atoms with van der Waals surface area (Å²) in [5.41, 5.74) is 0.749. The number of nitrogens with zero attached hydrogens (tertiary/aromatic N) is 2. The third-order valence-electron chi connectivity index (χ3n) is 2.38. The summed E-state index contributed by atoms with van der Waals surface area (Å²) in [6.45, 7) is 0. The van der Waals surface area contributed by atoms with E-state index in [9.17, 15) is 9.90 Å². The lowest BCUT2D eigenvalue weighted by Gasteiger charge is -2.04. The molecule has 0 aliphatic carbocycles. The monoisotopic (exact) mass is 246 g/mol. The Kier molecular flexibility index (Phi) is 2.15. The molecule has 0 saturated heterocycles. The van der Waals surface area contributed by atoms with Crippen molar-refractivity contribution in [2.75, 3.05) is 0 Å². The molecular weight excluding hydrogens is 240 g/mol. The SMILES string of the molecule is O=c1ccc2ccc(O)c(-c3csnn3)c2o1. The smallest absolute Gasteiger partial charge is 0.336 e. The molecule has 0 bridgehead atoms. The van der Waals surface area contributed by atoms with Crippen LogP contribution in [0, 0.1) is 0 Å². The van der Waals surface area contributed by atoms with E-state index >= 15 is 0 Å². The zero-order chi connectivity index (χ0) is 11.8. The number of rotatable bonds is 1. The highest BCUT2D eigenvalue weighted by molar-refractivity contribution is 7.03. The van der Waals surface area contributed by atoms with E-state index in [2.05, 4.69) is 9.59 Å². The van der Waals surface area contributed by atoms with Crippen molar-refractivity contribution < 1.29 is 9.52 Å². The van der Waals surface area contributed by atoms with Crippen molar-refractivity contribution in [3.63, 3.8) is 0 Å². The molecule has 0 aliphatic heterocycles. The van der Waals surface area contributed by atoms with E-state index in [4.69, 9.17) is 4.42 Å². The average molecular weight is 246 g/mol. The largest absolute Gasteiger partial charge is 0.507 e. The van der Waals surface area contributed by atoms with Gasteiger partial charge in [0.05, 0.1) is 5.56 Å². The van der Waals surface area contributed by atoms with Gasteiger partial charge in [0.15, 0.2) is 5.58 Å². The minimum Gasteiger partial charge on any atom is -0.507 e. The Hall–Kier alpha value is -2.21. The molecule has 0 unspecified atom stereocenters. The highest BCUT2D eigenvalue weighted by atomic mass is 32.1. The molecular formula is C11H6N2O3S. The Morgan fingerprint density at radius 3 is 2.82 bits per heavy atom. The number of aromatic nitrogens is 2. The summed E-state index contributed by atoms with van der Waals surface area (Å²) >= 11 is 1.16. The van der Waals surface area contributed by atoms with Crippen molar-refractivity contribution in [3.05, 3.63) is 40.1 Å². The highest BCUT2D eigenvalue weighted by Crippen LogP contribution is 2.34. The molecule has 0 saturated carbocycles. The molecule has 2 aromatic heterocycles. The third-order valence-corrected chi connectivity index (χ3v) is 2.89. The van der Waals surface area contributed by atoms with Gasteiger partial charge >= 0.3 is 5.63 Å². The van der Waals surface area contributed by atoms with Crippen LogP contribution in [0.2, 0.25) is 0 Å². The number of hydrogen-bond donors (Lipinski definition) is 1. The van der Waals surface area contributed by atoms with Crippen molar-refractivity contribution in [1.82, 2.24) is 9.59 Å². The van der Waals surface area contributed by atoms with E-state index in [0.717, 1.165) is 16.9 Å². The van der Waals surface area contributed by atoms with Crippen LogP contribution in [0.3, 0.4) is 0 Å². The van der Waals surface area contributed by atoms with E-state index in [1.807, 2.05) is 0 Å². The summed E-state index contributed by atoms with van der Waals surface area (Å²) in [6.07, 6.45) is 0. The van der Waals surface area contributed by atoms with Gasteiger partial charge in [0.1, 0.15) is 11.4 Å². The van der Waals surface area contributed by atoms with Gasteiger partial charge in [-0.1, -0.05) is 4.49 Å². The van der Waals surface area contributed by atoms with Crippen molar-refractivity contribution in [1.29, 1.82) is 0 Å². The lowest BCUT2D eigenvalue weighted by molar-refractivity contribution is 0.475. The summed E-state index contributed by atoms with van der Waals surface area (Å²) in [6, 6.07) is 6.19. The van der Waals surface area contributed by atoms with Gasteiger partial charge in [-0.25, -0.2) is 4.79 Å². The Morgan fingerprint density at radius 2 is 2.06 bits per heavy atom. The minimum absolute atomic E-state index is 0.0135. The lowest BCUT2D eigenvalue weighted by atomic mass is 10.1. The quantitative estimate of drug-likeness (QED) is 0.665. The van der Waals surface area contributed by atoms with Crippen molar-refractivity contribution in [3.8, 4) is 17.0 Å². The maximum Gasteiger partial charge on any atom is 0.336 e. The van der Waals surface area contributed by atoms with Gasteiger partial charge in [0, 0.05) is 16.8 Å². The average Bonchev–Trinajstić information content (AvgIpc) is 2.82. The predicted octanol–water partition coefficient (Wildman–Crippen LogP) is 2.02. The molecule has 1 aromatic carbocycles. The zero-order valence-electron chi connectivity index (χ0n) is 8.45. The van der Waals surface area contributed by atoms with Crippen LogP contribution in [0.15, 0.2) is 38.9 Å². The molecule has 0 radical (unpaired) electrons. The van der Waals surface area contributed by atoms with Gasteiger partial charge in [-0.2, -0.15) is 0 Å². The molecule has 6 heteroatoms. The van der Waals surface area contributed by atoms with Crippen LogP contribution in [-0.4, -0.2) is 14.7 Å². The number of fused-ring (bicyclic) bond motifs is 1. The van der Waals surface area contributed by atoms with E-state index in [0.29, 0.717) is 16.8 Å². The molecule has 5 nitrogen and oxygen atoms in total. The van der Waals surface area contributed by atoms with Crippen LogP contribution in [0.25, 0.3) is 22.2 Å². The van der Waals surface area contributed by atoms with Crippen LogP contribution in [0.1, 0.15) is 0 Å². The molecule has 84 valence electrons. The molecule has 17 heavy (non-hydrogen) atoms. The summed E-state index contributed by atoms with van der Waals surface area (Å²) in [4.78, 5) is 11.2. The Bertz CT molecular complexity index is 734. The topological polar surface area (TPSA) is 76.2 Å². The van der Waals surface area contributed by atoms with Crippen molar-refractivity contribution in [2.45, 2.75) is 0 Å². The van der Waals surface area contributed by atoms with Crippen molar-refractivity contribution >= 4 is 22.5 Å². The standard InChI is InChI=1S/C11H6N2O3S/c14-8-3-1-6-2-4-9(15)16-11(6)10(8)7-5-17-13-12-7/h1-5,14H. The molecule has 3 aromatic rings. The Labute approximate surface area is 99.1 Å². The second kappa shape index (κ2) is 3.67. The van der Waals surface area contributed by atoms with E-state index in [1.165, 1.54) is 12.1 Å². The first-order valence-electron chi connectivity index (χ1n) is 4.79. The zero-order valence-corrected chi connectivity index (χ0v) is 9.27. The van der Waals surface area contributed by atoms with E-state index < -0.39 is 5.63 Å². The Morgan fingerprint density at radius 1 is 1.24 bits per heavy atom. The summed E-state index contributed by atoms with van der Waals surface area (Å²) in [5.74, 6) is 0.0135. The van der Waals surface area contributed by atoms with Crippen LogP contribution >= 0.6 is 11.5 Å².